The van der Waals surface area contributed by atoms with Crippen molar-refractivity contribution >= 4 is 17.0 Å². The number of aromatic nitrogens is 4. The van der Waals surface area contributed by atoms with E-state index in [0.717, 1.165) is 31.2 Å². The summed E-state index contributed by atoms with van der Waals surface area (Å²) in [7, 11) is 0. The molecule has 4 atom stereocenters. The van der Waals surface area contributed by atoms with Crippen LogP contribution < -0.4 is 10.1 Å². The summed E-state index contributed by atoms with van der Waals surface area (Å²) < 4.78 is 13.3. The molecule has 4 N–H and O–H groups in total. The standard InChI is InChI=1S/C26H35N5O5/c1-26(2,3)16-10-8-15(9-11-16)13-35-25-29-22(28-17-6-4-5-7-17)19-23(30-25)31(14-27-19)24-21(34)20(33)18(12-32)36-24/h8-11,14,17-18,20-21,24,32-34H,4-7,12-13H2,1-3H3,(H,28,29,30). The first-order valence-electron chi connectivity index (χ1n) is 12.6. The normalized spacial score (nSPS) is 25.1. The van der Waals surface area contributed by atoms with Crippen LogP contribution in [0.25, 0.3) is 11.2 Å². The van der Waals surface area contributed by atoms with Crippen molar-refractivity contribution < 1.29 is 24.8 Å². The highest BCUT2D eigenvalue weighted by atomic mass is 16.6. The fraction of sp³-hybridized carbons (Fsp3) is 0.577. The van der Waals surface area contributed by atoms with Crippen molar-refractivity contribution in [3.05, 3.63) is 41.7 Å². The monoisotopic (exact) mass is 497 g/mol. The first-order valence-corrected chi connectivity index (χ1v) is 12.6. The maximum Gasteiger partial charge on any atom is 0.320 e. The van der Waals surface area contributed by atoms with Gasteiger partial charge in [-0.2, -0.15) is 9.97 Å². The van der Waals surface area contributed by atoms with Gasteiger partial charge in [-0.3, -0.25) is 4.57 Å². The van der Waals surface area contributed by atoms with E-state index in [0.29, 0.717) is 29.6 Å². The molecule has 0 amide bonds. The second-order valence-electron chi connectivity index (χ2n) is 10.8. The zero-order valence-electron chi connectivity index (χ0n) is 21.0. The predicted molar refractivity (Wildman–Crippen MR) is 134 cm³/mol. The number of benzene rings is 1. The number of nitrogens with one attached hydrogen (secondary N) is 1. The predicted octanol–water partition coefficient (Wildman–Crippen LogP) is 2.67. The summed E-state index contributed by atoms with van der Waals surface area (Å²) in [5, 5.41) is 33.8. The van der Waals surface area contributed by atoms with Crippen molar-refractivity contribution in [1.29, 1.82) is 0 Å². The number of imidazole rings is 1. The molecule has 1 saturated heterocycles. The van der Waals surface area contributed by atoms with Crippen LogP contribution >= 0.6 is 0 Å². The molecule has 1 aromatic carbocycles. The van der Waals surface area contributed by atoms with Gasteiger partial charge in [-0.15, -0.1) is 0 Å². The third-order valence-corrected chi connectivity index (χ3v) is 7.08. The topological polar surface area (TPSA) is 135 Å². The van der Waals surface area contributed by atoms with Gasteiger partial charge in [0.25, 0.3) is 0 Å². The molecule has 1 aliphatic carbocycles. The molecule has 2 aliphatic rings. The highest BCUT2D eigenvalue weighted by molar-refractivity contribution is 5.83. The fourth-order valence-electron chi connectivity index (χ4n) is 4.87. The van der Waals surface area contributed by atoms with Gasteiger partial charge >= 0.3 is 6.01 Å². The molecule has 0 bridgehead atoms. The van der Waals surface area contributed by atoms with Gasteiger partial charge in [0.15, 0.2) is 23.2 Å². The van der Waals surface area contributed by atoms with Crippen LogP contribution in [0.15, 0.2) is 30.6 Å². The van der Waals surface area contributed by atoms with E-state index in [4.69, 9.17) is 9.47 Å². The van der Waals surface area contributed by atoms with Crippen LogP contribution in [-0.4, -0.2) is 65.8 Å². The number of hydrogen-bond donors (Lipinski definition) is 4. The molecular formula is C26H35N5O5. The van der Waals surface area contributed by atoms with Crippen molar-refractivity contribution in [2.45, 2.75) is 89.1 Å². The zero-order valence-corrected chi connectivity index (χ0v) is 21.0. The maximum atomic E-state index is 10.6. The summed E-state index contributed by atoms with van der Waals surface area (Å²) in [5.74, 6) is 0.565. The van der Waals surface area contributed by atoms with Crippen molar-refractivity contribution in [2.75, 3.05) is 11.9 Å². The number of hydrogen-bond acceptors (Lipinski definition) is 9. The van der Waals surface area contributed by atoms with Crippen LogP contribution in [0, 0.1) is 0 Å². The lowest BCUT2D eigenvalue weighted by Gasteiger charge is -2.19. The van der Waals surface area contributed by atoms with E-state index in [9.17, 15) is 15.3 Å². The first kappa shape index (κ1) is 24.9. The van der Waals surface area contributed by atoms with E-state index >= 15 is 0 Å². The Balaban J connectivity index is 1.44. The Labute approximate surface area is 210 Å². The lowest BCUT2D eigenvalue weighted by molar-refractivity contribution is -0.0511. The van der Waals surface area contributed by atoms with Crippen molar-refractivity contribution in [3.8, 4) is 6.01 Å². The molecule has 36 heavy (non-hydrogen) atoms. The Hall–Kier alpha value is -2.79. The Bertz CT molecular complexity index is 1190. The maximum absolute atomic E-state index is 10.6. The van der Waals surface area contributed by atoms with Crippen LogP contribution in [0.5, 0.6) is 6.01 Å². The molecule has 10 nitrogen and oxygen atoms in total. The van der Waals surface area contributed by atoms with E-state index in [2.05, 4.69) is 53.2 Å². The average Bonchev–Trinajstić information content (AvgIpc) is 3.58. The smallest absolute Gasteiger partial charge is 0.320 e. The molecule has 4 unspecified atom stereocenters. The van der Waals surface area contributed by atoms with Gasteiger partial charge in [-0.1, -0.05) is 57.9 Å². The molecule has 194 valence electrons. The van der Waals surface area contributed by atoms with Crippen LogP contribution in [0.3, 0.4) is 0 Å². The summed E-state index contributed by atoms with van der Waals surface area (Å²) >= 11 is 0. The lowest BCUT2D eigenvalue weighted by Crippen LogP contribution is -2.33. The zero-order chi connectivity index (χ0) is 25.4. The molecule has 5 rings (SSSR count). The summed E-state index contributed by atoms with van der Waals surface area (Å²) in [5.41, 5.74) is 3.26. The van der Waals surface area contributed by atoms with Gasteiger partial charge in [0.1, 0.15) is 24.9 Å². The quantitative estimate of drug-likeness (QED) is 0.388. The second kappa shape index (κ2) is 9.93. The molecule has 2 aromatic heterocycles. The lowest BCUT2D eigenvalue weighted by atomic mass is 9.87. The molecule has 0 spiro atoms. The minimum Gasteiger partial charge on any atom is -0.458 e. The van der Waals surface area contributed by atoms with Gasteiger partial charge in [0.05, 0.1) is 12.9 Å². The number of ether oxygens (including phenoxy) is 2. The van der Waals surface area contributed by atoms with Gasteiger partial charge in [0.2, 0.25) is 0 Å². The number of aliphatic hydroxyl groups is 3. The van der Waals surface area contributed by atoms with Crippen molar-refractivity contribution in [2.24, 2.45) is 0 Å². The van der Waals surface area contributed by atoms with Crippen LogP contribution in [0.2, 0.25) is 0 Å². The molecule has 0 radical (unpaired) electrons. The van der Waals surface area contributed by atoms with Gasteiger partial charge in [-0.05, 0) is 29.4 Å². The molecule has 2 fully saturated rings. The van der Waals surface area contributed by atoms with E-state index in [1.165, 1.54) is 11.9 Å². The molecule has 3 aromatic rings. The van der Waals surface area contributed by atoms with Gasteiger partial charge in [0, 0.05) is 6.04 Å². The van der Waals surface area contributed by atoms with Crippen molar-refractivity contribution in [3.63, 3.8) is 0 Å². The van der Waals surface area contributed by atoms with Gasteiger partial charge in [-0.25, -0.2) is 4.98 Å². The second-order valence-corrected chi connectivity index (χ2v) is 10.8. The highest BCUT2D eigenvalue weighted by Gasteiger charge is 2.44. The van der Waals surface area contributed by atoms with E-state index in [1.54, 1.807) is 4.57 Å². The summed E-state index contributed by atoms with van der Waals surface area (Å²) in [4.78, 5) is 13.7. The van der Waals surface area contributed by atoms with E-state index in [-0.39, 0.29) is 11.4 Å². The van der Waals surface area contributed by atoms with E-state index in [1.807, 2.05) is 12.1 Å². The van der Waals surface area contributed by atoms with Crippen LogP contribution in [-0.2, 0) is 16.8 Å². The molecule has 3 heterocycles. The fourth-order valence-corrected chi connectivity index (χ4v) is 4.87. The van der Waals surface area contributed by atoms with Crippen LogP contribution in [0.4, 0.5) is 5.82 Å². The highest BCUT2D eigenvalue weighted by Crippen LogP contribution is 2.34. The van der Waals surface area contributed by atoms with Crippen molar-refractivity contribution in [1.82, 2.24) is 19.5 Å². The Morgan fingerprint density at radius 1 is 1.08 bits per heavy atom. The number of nitrogens with zero attached hydrogens (tertiary/aromatic N) is 4. The summed E-state index contributed by atoms with van der Waals surface area (Å²) in [6, 6.07) is 8.76. The van der Waals surface area contributed by atoms with Gasteiger partial charge < -0.3 is 30.1 Å². The first-order chi connectivity index (χ1) is 17.2. The summed E-state index contributed by atoms with van der Waals surface area (Å²) in [6.45, 7) is 6.41. The molecule has 1 saturated carbocycles. The number of anilines is 1. The summed E-state index contributed by atoms with van der Waals surface area (Å²) in [6.07, 6.45) is 1.63. The number of fused-ring (bicyclic) bond motifs is 1. The minimum absolute atomic E-state index is 0.0717. The molecule has 1 aliphatic heterocycles. The number of aliphatic hydroxyl groups excluding tert-OH is 3. The SMILES string of the molecule is CC(C)(C)c1ccc(COc2nc(NC3CCCC3)c3ncn(C4OC(CO)C(O)C4O)c3n2)cc1. The minimum atomic E-state index is -1.24. The third kappa shape index (κ3) is 4.90. The average molecular weight is 498 g/mol. The Morgan fingerprint density at radius 3 is 2.44 bits per heavy atom. The Kier molecular flexibility index (Phi) is 6.86. The number of rotatable bonds is 7. The van der Waals surface area contributed by atoms with E-state index < -0.39 is 31.1 Å². The van der Waals surface area contributed by atoms with Crippen LogP contribution in [0.1, 0.15) is 63.8 Å². The third-order valence-electron chi connectivity index (χ3n) is 7.08. The largest absolute Gasteiger partial charge is 0.458 e. The molecule has 10 heteroatoms. The Morgan fingerprint density at radius 2 is 1.81 bits per heavy atom. The molecular weight excluding hydrogens is 462 g/mol.